The Morgan fingerprint density at radius 2 is 2.33 bits per heavy atom. The zero-order chi connectivity index (χ0) is 8.97. The van der Waals surface area contributed by atoms with Crippen molar-refractivity contribution in [3.05, 3.63) is 18.0 Å². The molecule has 2 nitrogen and oxygen atoms in total. The molecule has 1 heterocycles. The quantitative estimate of drug-likeness (QED) is 0.788. The van der Waals surface area contributed by atoms with Crippen LogP contribution in [0.15, 0.2) is 17.3 Å². The van der Waals surface area contributed by atoms with Gasteiger partial charge in [-0.1, -0.05) is 13.3 Å². The first-order chi connectivity index (χ1) is 5.79. The van der Waals surface area contributed by atoms with Crippen LogP contribution in [0.1, 0.15) is 18.9 Å². The summed E-state index contributed by atoms with van der Waals surface area (Å²) in [7, 11) is 0. The van der Waals surface area contributed by atoms with Gasteiger partial charge < -0.3 is 5.73 Å². The molecule has 1 aromatic rings. The summed E-state index contributed by atoms with van der Waals surface area (Å²) in [6.07, 6.45) is 4.94. The standard InChI is InChI=1S/C8H11FN2S/c1-2-3-6-4-11-5-7(10)8(6)12-9/h4-5H,2-3,10H2,1H3. The van der Waals surface area contributed by atoms with Crippen molar-refractivity contribution >= 4 is 17.8 Å². The molecule has 0 amide bonds. The third-order valence-electron chi connectivity index (χ3n) is 1.59. The second-order valence-corrected chi connectivity index (χ2v) is 3.11. The van der Waals surface area contributed by atoms with Crippen LogP contribution < -0.4 is 5.73 Å². The van der Waals surface area contributed by atoms with Crippen LogP contribution in [0.2, 0.25) is 0 Å². The van der Waals surface area contributed by atoms with E-state index in [1.165, 1.54) is 6.20 Å². The van der Waals surface area contributed by atoms with Gasteiger partial charge in [-0.15, -0.1) is 0 Å². The molecule has 0 unspecified atom stereocenters. The van der Waals surface area contributed by atoms with Gasteiger partial charge >= 0.3 is 0 Å². The molecule has 0 radical (unpaired) electrons. The summed E-state index contributed by atoms with van der Waals surface area (Å²) in [6, 6.07) is 0. The van der Waals surface area contributed by atoms with Crippen LogP contribution in [0.5, 0.6) is 0 Å². The first-order valence-corrected chi connectivity index (χ1v) is 4.52. The highest BCUT2D eigenvalue weighted by Crippen LogP contribution is 2.29. The molecule has 0 saturated carbocycles. The van der Waals surface area contributed by atoms with Gasteiger partial charge in [-0.2, -0.15) is 3.89 Å². The topological polar surface area (TPSA) is 38.9 Å². The first kappa shape index (κ1) is 9.32. The van der Waals surface area contributed by atoms with E-state index >= 15 is 0 Å². The molecule has 0 aliphatic rings. The molecule has 0 saturated heterocycles. The number of pyridine rings is 1. The normalized spacial score (nSPS) is 10.2. The van der Waals surface area contributed by atoms with Crippen molar-refractivity contribution in [3.63, 3.8) is 0 Å². The summed E-state index contributed by atoms with van der Waals surface area (Å²) >= 11 is 0.197. The molecule has 12 heavy (non-hydrogen) atoms. The van der Waals surface area contributed by atoms with Gasteiger partial charge in [0.2, 0.25) is 0 Å². The summed E-state index contributed by atoms with van der Waals surface area (Å²) in [5.41, 5.74) is 6.86. The van der Waals surface area contributed by atoms with Crippen LogP contribution in [0.25, 0.3) is 0 Å². The van der Waals surface area contributed by atoms with Crippen LogP contribution in [0.4, 0.5) is 9.57 Å². The average Bonchev–Trinajstić information content (AvgIpc) is 2.05. The minimum atomic E-state index is 0.197. The van der Waals surface area contributed by atoms with Crippen LogP contribution in [-0.2, 0) is 6.42 Å². The average molecular weight is 186 g/mol. The van der Waals surface area contributed by atoms with E-state index in [1.54, 1.807) is 6.20 Å². The number of aromatic nitrogens is 1. The fourth-order valence-corrected chi connectivity index (χ4v) is 1.45. The van der Waals surface area contributed by atoms with Crippen molar-refractivity contribution in [1.29, 1.82) is 0 Å². The van der Waals surface area contributed by atoms with Crippen molar-refractivity contribution in [2.24, 2.45) is 0 Å². The van der Waals surface area contributed by atoms with Gasteiger partial charge in [0.15, 0.2) is 0 Å². The van der Waals surface area contributed by atoms with Crippen LogP contribution in [0.3, 0.4) is 0 Å². The lowest BCUT2D eigenvalue weighted by Crippen LogP contribution is -1.95. The van der Waals surface area contributed by atoms with Gasteiger partial charge in [0, 0.05) is 6.20 Å². The number of aryl methyl sites for hydroxylation is 1. The molecular formula is C8H11FN2S. The Morgan fingerprint density at radius 3 is 2.92 bits per heavy atom. The number of halogens is 1. The van der Waals surface area contributed by atoms with E-state index in [4.69, 9.17) is 5.73 Å². The molecule has 0 spiro atoms. The van der Waals surface area contributed by atoms with E-state index in [1.807, 2.05) is 6.92 Å². The maximum Gasteiger partial charge on any atom is 0.0838 e. The Balaban J connectivity index is 3.00. The van der Waals surface area contributed by atoms with Gasteiger partial charge in [-0.25, -0.2) is 0 Å². The molecule has 1 aromatic heterocycles. The second-order valence-electron chi connectivity index (χ2n) is 2.54. The molecule has 1 rings (SSSR count). The Kier molecular flexibility index (Phi) is 3.34. The molecule has 0 aliphatic carbocycles. The summed E-state index contributed by atoms with van der Waals surface area (Å²) in [5, 5.41) is 0. The van der Waals surface area contributed by atoms with Gasteiger partial charge in [0.1, 0.15) is 0 Å². The van der Waals surface area contributed by atoms with E-state index in [0.717, 1.165) is 18.4 Å². The Bertz CT molecular complexity index is 265. The van der Waals surface area contributed by atoms with Gasteiger partial charge in [0.25, 0.3) is 0 Å². The molecular weight excluding hydrogens is 175 g/mol. The predicted octanol–water partition coefficient (Wildman–Crippen LogP) is 2.59. The molecule has 0 fully saturated rings. The number of hydrogen-bond donors (Lipinski definition) is 1. The fraction of sp³-hybridized carbons (Fsp3) is 0.375. The molecule has 2 N–H and O–H groups in total. The van der Waals surface area contributed by atoms with Crippen LogP contribution in [0, 0.1) is 0 Å². The van der Waals surface area contributed by atoms with Gasteiger partial charge in [-0.05, 0) is 12.0 Å². The number of nitrogens with zero attached hydrogens (tertiary/aromatic N) is 1. The van der Waals surface area contributed by atoms with Gasteiger partial charge in [0.05, 0.1) is 28.9 Å². The Morgan fingerprint density at radius 1 is 1.58 bits per heavy atom. The largest absolute Gasteiger partial charge is 0.396 e. The molecule has 0 bridgehead atoms. The third kappa shape index (κ3) is 1.88. The maximum absolute atomic E-state index is 12.4. The lowest BCUT2D eigenvalue weighted by molar-refractivity contribution is 0.878. The number of anilines is 1. The zero-order valence-electron chi connectivity index (χ0n) is 6.88. The Hall–Kier alpha value is -0.770. The van der Waals surface area contributed by atoms with Crippen molar-refractivity contribution in [3.8, 4) is 0 Å². The molecule has 0 aromatic carbocycles. The predicted molar refractivity (Wildman–Crippen MR) is 49.6 cm³/mol. The van der Waals surface area contributed by atoms with Gasteiger partial charge in [-0.3, -0.25) is 4.98 Å². The highest BCUT2D eigenvalue weighted by molar-refractivity contribution is 7.94. The van der Waals surface area contributed by atoms with E-state index in [-0.39, 0.29) is 12.1 Å². The van der Waals surface area contributed by atoms with E-state index < -0.39 is 0 Å². The third-order valence-corrected chi connectivity index (χ3v) is 2.25. The van der Waals surface area contributed by atoms with Crippen LogP contribution in [-0.4, -0.2) is 4.98 Å². The number of nitrogens with two attached hydrogens (primary N) is 1. The van der Waals surface area contributed by atoms with Crippen LogP contribution >= 0.6 is 12.1 Å². The summed E-state index contributed by atoms with van der Waals surface area (Å²) in [6.45, 7) is 2.04. The monoisotopic (exact) mass is 186 g/mol. The molecule has 4 heteroatoms. The van der Waals surface area contributed by atoms with E-state index in [9.17, 15) is 3.89 Å². The summed E-state index contributed by atoms with van der Waals surface area (Å²) < 4.78 is 12.4. The number of rotatable bonds is 3. The lowest BCUT2D eigenvalue weighted by atomic mass is 10.1. The maximum atomic E-state index is 12.4. The first-order valence-electron chi connectivity index (χ1n) is 3.80. The van der Waals surface area contributed by atoms with Crippen molar-refractivity contribution in [2.45, 2.75) is 24.7 Å². The zero-order valence-corrected chi connectivity index (χ0v) is 7.70. The molecule has 66 valence electrons. The molecule has 0 atom stereocenters. The highest BCUT2D eigenvalue weighted by Gasteiger charge is 2.06. The number of nitrogen functional groups attached to an aromatic ring is 1. The smallest absolute Gasteiger partial charge is 0.0838 e. The van der Waals surface area contributed by atoms with Crippen molar-refractivity contribution < 1.29 is 3.89 Å². The van der Waals surface area contributed by atoms with Crippen molar-refractivity contribution in [1.82, 2.24) is 4.98 Å². The number of hydrogen-bond acceptors (Lipinski definition) is 3. The van der Waals surface area contributed by atoms with Crippen molar-refractivity contribution in [2.75, 3.05) is 5.73 Å². The minimum absolute atomic E-state index is 0.197. The summed E-state index contributed by atoms with van der Waals surface area (Å²) in [5.74, 6) is 0. The Labute approximate surface area is 75.7 Å². The minimum Gasteiger partial charge on any atom is -0.396 e. The summed E-state index contributed by atoms with van der Waals surface area (Å²) in [4.78, 5) is 4.43. The van der Waals surface area contributed by atoms with E-state index in [2.05, 4.69) is 4.98 Å². The second kappa shape index (κ2) is 4.30. The highest BCUT2D eigenvalue weighted by atomic mass is 32.2. The molecule has 0 aliphatic heterocycles. The fourth-order valence-electron chi connectivity index (χ4n) is 1.05. The SMILES string of the molecule is CCCc1cncc(N)c1SF. The lowest BCUT2D eigenvalue weighted by Gasteiger charge is -2.05. The van der Waals surface area contributed by atoms with E-state index in [0.29, 0.717) is 10.6 Å².